The Kier molecular flexibility index (Phi) is 3.18. The second kappa shape index (κ2) is 4.09. The van der Waals surface area contributed by atoms with Crippen LogP contribution in [0.15, 0.2) is 18.2 Å². The topological polar surface area (TPSA) is 60.2 Å². The van der Waals surface area contributed by atoms with Gasteiger partial charge in [-0.25, -0.2) is 0 Å². The smallest absolute Gasteiger partial charge is 0.284 e. The van der Waals surface area contributed by atoms with E-state index in [1.54, 1.807) is 0 Å². The summed E-state index contributed by atoms with van der Waals surface area (Å²) in [6.45, 7) is 0. The van der Waals surface area contributed by atoms with Crippen LogP contribution >= 0.6 is 11.6 Å². The van der Waals surface area contributed by atoms with Crippen molar-refractivity contribution in [1.29, 1.82) is 0 Å². The molecule has 0 aliphatic heterocycles. The lowest BCUT2D eigenvalue weighted by atomic mass is 10.1. The van der Waals surface area contributed by atoms with E-state index < -0.39 is 33.2 Å². The van der Waals surface area contributed by atoms with Crippen LogP contribution in [0.25, 0.3) is 0 Å². The molecule has 0 N–H and O–H groups in total. The Morgan fingerprint density at radius 3 is 2.38 bits per heavy atom. The van der Waals surface area contributed by atoms with Gasteiger partial charge >= 0.3 is 6.18 Å². The Balaban J connectivity index is 3.32. The summed E-state index contributed by atoms with van der Waals surface area (Å²) >= 11 is 5.34. The molecule has 8 heteroatoms. The first-order valence-corrected chi connectivity index (χ1v) is 4.17. The van der Waals surface area contributed by atoms with Crippen LogP contribution in [0.4, 0.5) is 18.9 Å². The number of rotatable bonds is 2. The van der Waals surface area contributed by atoms with Gasteiger partial charge in [0, 0.05) is 6.07 Å². The summed E-state index contributed by atoms with van der Waals surface area (Å²) in [5.41, 5.74) is -1.67. The predicted molar refractivity (Wildman–Crippen MR) is 48.5 cm³/mol. The van der Waals surface area contributed by atoms with Gasteiger partial charge in [0.05, 0.1) is 10.5 Å². The third kappa shape index (κ3) is 2.30. The molecule has 16 heavy (non-hydrogen) atoms. The van der Waals surface area contributed by atoms with Crippen molar-refractivity contribution >= 4 is 23.1 Å². The highest BCUT2D eigenvalue weighted by atomic mass is 35.5. The molecular formula is C8H3ClF3NO3. The molecule has 0 radical (unpaired) electrons. The molecule has 0 atom stereocenters. The number of carbonyl (C=O) groups is 1. The summed E-state index contributed by atoms with van der Waals surface area (Å²) in [7, 11) is 0. The van der Waals surface area contributed by atoms with E-state index in [1.807, 2.05) is 0 Å². The highest BCUT2D eigenvalue weighted by Gasteiger charge is 2.41. The third-order valence-electron chi connectivity index (χ3n) is 1.68. The molecule has 0 saturated heterocycles. The molecule has 1 aromatic rings. The molecule has 0 aliphatic rings. The van der Waals surface area contributed by atoms with Gasteiger partial charge in [-0.1, -0.05) is 17.7 Å². The van der Waals surface area contributed by atoms with Crippen LogP contribution < -0.4 is 0 Å². The van der Waals surface area contributed by atoms with Crippen molar-refractivity contribution in [3.63, 3.8) is 0 Å². The molecule has 0 heterocycles. The average Bonchev–Trinajstić information content (AvgIpc) is 2.15. The van der Waals surface area contributed by atoms with E-state index in [2.05, 4.69) is 0 Å². The Hall–Kier alpha value is -1.63. The summed E-state index contributed by atoms with van der Waals surface area (Å²) in [5, 5.41) is 9.56. The first-order chi connectivity index (χ1) is 7.25. The molecule has 0 aromatic heterocycles. The number of halogens is 4. The Bertz CT molecular complexity index is 458. The minimum absolute atomic E-state index is 0.739. The fraction of sp³-hybridized carbons (Fsp3) is 0.125. The lowest BCUT2D eigenvalue weighted by Gasteiger charge is -2.06. The van der Waals surface area contributed by atoms with Crippen LogP contribution in [0.2, 0.25) is 5.02 Å². The normalized spacial score (nSPS) is 11.2. The number of carbonyl (C=O) groups excluding carboxylic acids is 1. The van der Waals surface area contributed by atoms with Gasteiger partial charge in [-0.05, 0) is 6.07 Å². The van der Waals surface area contributed by atoms with Gasteiger partial charge < -0.3 is 0 Å². The van der Waals surface area contributed by atoms with Crippen molar-refractivity contribution in [3.05, 3.63) is 38.9 Å². The number of alkyl halides is 3. The summed E-state index contributed by atoms with van der Waals surface area (Å²) in [6, 6.07) is 2.66. The van der Waals surface area contributed by atoms with E-state index in [0.717, 1.165) is 18.2 Å². The zero-order valence-corrected chi connectivity index (χ0v) is 8.17. The number of nitro benzene ring substituents is 1. The van der Waals surface area contributed by atoms with Crippen molar-refractivity contribution in [2.75, 3.05) is 0 Å². The van der Waals surface area contributed by atoms with Crippen LogP contribution in [0.1, 0.15) is 10.4 Å². The number of hydrogen-bond acceptors (Lipinski definition) is 3. The number of nitrogens with zero attached hydrogens (tertiary/aromatic N) is 1. The zero-order valence-electron chi connectivity index (χ0n) is 7.42. The van der Waals surface area contributed by atoms with E-state index in [0.29, 0.717) is 0 Å². The minimum atomic E-state index is -5.11. The van der Waals surface area contributed by atoms with E-state index >= 15 is 0 Å². The molecule has 86 valence electrons. The average molecular weight is 254 g/mol. The maximum Gasteiger partial charge on any atom is 0.454 e. The number of Topliss-reactive ketones (excluding diaryl/α,β-unsaturated/α-hetero) is 1. The number of ketones is 1. The lowest BCUT2D eigenvalue weighted by Crippen LogP contribution is -2.23. The van der Waals surface area contributed by atoms with Crippen LogP contribution in [-0.4, -0.2) is 16.9 Å². The second-order valence-corrected chi connectivity index (χ2v) is 3.10. The third-order valence-corrected chi connectivity index (χ3v) is 2.07. The highest BCUT2D eigenvalue weighted by Crippen LogP contribution is 2.32. The van der Waals surface area contributed by atoms with Gasteiger partial charge in [-0.2, -0.15) is 13.2 Å². The fourth-order valence-corrected chi connectivity index (χ4v) is 1.27. The first kappa shape index (κ1) is 12.4. The molecule has 0 fully saturated rings. The van der Waals surface area contributed by atoms with Gasteiger partial charge in [-0.15, -0.1) is 0 Å². The lowest BCUT2D eigenvalue weighted by molar-refractivity contribution is -0.384. The largest absolute Gasteiger partial charge is 0.454 e. The first-order valence-electron chi connectivity index (χ1n) is 3.79. The van der Waals surface area contributed by atoms with Crippen molar-refractivity contribution in [3.8, 4) is 0 Å². The molecule has 0 aliphatic carbocycles. The maximum absolute atomic E-state index is 12.1. The van der Waals surface area contributed by atoms with Crippen LogP contribution in [0, 0.1) is 10.1 Å². The monoisotopic (exact) mass is 253 g/mol. The van der Waals surface area contributed by atoms with Crippen LogP contribution in [-0.2, 0) is 0 Å². The molecule has 0 unspecified atom stereocenters. The number of nitro groups is 1. The van der Waals surface area contributed by atoms with Gasteiger partial charge in [0.1, 0.15) is 5.02 Å². The molecule has 0 bridgehead atoms. The Morgan fingerprint density at radius 2 is 1.94 bits per heavy atom. The van der Waals surface area contributed by atoms with Crippen LogP contribution in [0.5, 0.6) is 0 Å². The van der Waals surface area contributed by atoms with E-state index in [-0.39, 0.29) is 0 Å². The van der Waals surface area contributed by atoms with Crippen molar-refractivity contribution in [2.45, 2.75) is 6.18 Å². The SMILES string of the molecule is O=C(c1cccc([N+](=O)[O-])c1Cl)C(F)(F)F. The molecule has 0 saturated carbocycles. The second-order valence-electron chi connectivity index (χ2n) is 2.72. The molecule has 0 spiro atoms. The summed E-state index contributed by atoms with van der Waals surface area (Å²) in [4.78, 5) is 20.2. The number of benzene rings is 1. The summed E-state index contributed by atoms with van der Waals surface area (Å²) in [6.07, 6.45) is -5.11. The van der Waals surface area contributed by atoms with Gasteiger partial charge in [-0.3, -0.25) is 14.9 Å². The maximum atomic E-state index is 12.1. The molecule has 4 nitrogen and oxygen atoms in total. The zero-order chi connectivity index (χ0) is 12.5. The minimum Gasteiger partial charge on any atom is -0.284 e. The molecule has 1 rings (SSSR count). The molecule has 0 amide bonds. The summed E-state index contributed by atoms with van der Waals surface area (Å²) < 4.78 is 36.2. The molecular weight excluding hydrogens is 251 g/mol. The summed E-state index contributed by atoms with van der Waals surface area (Å²) in [5.74, 6) is -2.21. The van der Waals surface area contributed by atoms with Gasteiger partial charge in [0.15, 0.2) is 0 Å². The van der Waals surface area contributed by atoms with E-state index in [4.69, 9.17) is 11.6 Å². The highest BCUT2D eigenvalue weighted by molar-refractivity contribution is 6.36. The molecule has 1 aromatic carbocycles. The van der Waals surface area contributed by atoms with Crippen molar-refractivity contribution in [2.24, 2.45) is 0 Å². The van der Waals surface area contributed by atoms with Gasteiger partial charge in [0.25, 0.3) is 11.5 Å². The standard InChI is InChI=1S/C8H3ClF3NO3/c9-6-4(7(14)8(10,11)12)2-1-3-5(6)13(15)16/h1-3H. The van der Waals surface area contributed by atoms with E-state index in [1.165, 1.54) is 0 Å². The van der Waals surface area contributed by atoms with Crippen molar-refractivity contribution in [1.82, 2.24) is 0 Å². The fourth-order valence-electron chi connectivity index (χ4n) is 0.989. The van der Waals surface area contributed by atoms with Crippen LogP contribution in [0.3, 0.4) is 0 Å². The Labute approximate surface area is 91.8 Å². The number of hydrogen-bond donors (Lipinski definition) is 0. The van der Waals surface area contributed by atoms with E-state index in [9.17, 15) is 28.1 Å². The predicted octanol–water partition coefficient (Wildman–Crippen LogP) is 2.99. The quantitative estimate of drug-likeness (QED) is 0.462. The van der Waals surface area contributed by atoms with Crippen molar-refractivity contribution < 1.29 is 22.9 Å². The van der Waals surface area contributed by atoms with Gasteiger partial charge in [0.2, 0.25) is 0 Å². The Morgan fingerprint density at radius 1 is 1.38 bits per heavy atom.